The largest absolute Gasteiger partial charge is 0.349 e. The lowest BCUT2D eigenvalue weighted by atomic mass is 9.90. The van der Waals surface area contributed by atoms with E-state index < -0.39 is 0 Å². The highest BCUT2D eigenvalue weighted by atomic mass is 16.2. The van der Waals surface area contributed by atoms with E-state index in [2.05, 4.69) is 39.5 Å². The molecule has 0 spiro atoms. The maximum Gasteiger partial charge on any atom is 0.233 e. The highest BCUT2D eigenvalue weighted by Crippen LogP contribution is 2.24. The first-order chi connectivity index (χ1) is 10.1. The summed E-state index contributed by atoms with van der Waals surface area (Å²) in [6.07, 6.45) is 0.947. The number of nitrogens with zero attached hydrogens (tertiary/aromatic N) is 3. The third kappa shape index (κ3) is 3.08. The Kier molecular flexibility index (Phi) is 3.92. The maximum absolute atomic E-state index is 12.3. The van der Waals surface area contributed by atoms with Crippen molar-refractivity contribution in [2.45, 2.75) is 19.0 Å². The first-order valence-electron chi connectivity index (χ1n) is 7.46. The number of nitrogens with one attached hydrogen (secondary N) is 1. The van der Waals surface area contributed by atoms with Crippen molar-refractivity contribution in [2.75, 3.05) is 27.2 Å². The van der Waals surface area contributed by atoms with Gasteiger partial charge in [-0.15, -0.1) is 0 Å². The SMILES string of the molecule is CN(C)C1=N[C@H]2CCN(Cc3ccccc3)C[C@H]2C(=O)N1. The van der Waals surface area contributed by atoms with Crippen molar-refractivity contribution in [1.29, 1.82) is 0 Å². The van der Waals surface area contributed by atoms with Gasteiger partial charge in [0.15, 0.2) is 5.96 Å². The monoisotopic (exact) mass is 286 g/mol. The van der Waals surface area contributed by atoms with E-state index in [0.29, 0.717) is 5.96 Å². The van der Waals surface area contributed by atoms with E-state index in [9.17, 15) is 4.79 Å². The van der Waals surface area contributed by atoms with Crippen LogP contribution in [0.4, 0.5) is 0 Å². The molecule has 2 aliphatic rings. The smallest absolute Gasteiger partial charge is 0.233 e. The molecular weight excluding hydrogens is 264 g/mol. The Morgan fingerprint density at radius 3 is 2.81 bits per heavy atom. The van der Waals surface area contributed by atoms with Crippen LogP contribution >= 0.6 is 0 Å². The number of hydrogen-bond acceptors (Lipinski definition) is 4. The number of guanidine groups is 1. The molecule has 21 heavy (non-hydrogen) atoms. The van der Waals surface area contributed by atoms with Crippen molar-refractivity contribution in [2.24, 2.45) is 10.9 Å². The minimum Gasteiger partial charge on any atom is -0.349 e. The Balaban J connectivity index is 1.68. The zero-order valence-electron chi connectivity index (χ0n) is 12.6. The molecular formula is C16H22N4O. The van der Waals surface area contributed by atoms with Gasteiger partial charge in [0.2, 0.25) is 5.91 Å². The lowest BCUT2D eigenvalue weighted by molar-refractivity contribution is -0.126. The van der Waals surface area contributed by atoms with Gasteiger partial charge in [-0.05, 0) is 12.0 Å². The van der Waals surface area contributed by atoms with Gasteiger partial charge in [0, 0.05) is 33.7 Å². The third-order valence-corrected chi connectivity index (χ3v) is 4.19. The van der Waals surface area contributed by atoms with E-state index >= 15 is 0 Å². The van der Waals surface area contributed by atoms with Crippen LogP contribution in [-0.2, 0) is 11.3 Å². The topological polar surface area (TPSA) is 47.9 Å². The number of hydrogen-bond donors (Lipinski definition) is 1. The van der Waals surface area contributed by atoms with E-state index in [1.54, 1.807) is 0 Å². The molecule has 2 atom stereocenters. The van der Waals surface area contributed by atoms with Gasteiger partial charge in [-0.2, -0.15) is 0 Å². The molecule has 5 nitrogen and oxygen atoms in total. The number of rotatable bonds is 2. The zero-order chi connectivity index (χ0) is 14.8. The summed E-state index contributed by atoms with van der Waals surface area (Å²) in [4.78, 5) is 21.2. The van der Waals surface area contributed by atoms with E-state index in [1.807, 2.05) is 25.1 Å². The summed E-state index contributed by atoms with van der Waals surface area (Å²) in [5.41, 5.74) is 1.30. The van der Waals surface area contributed by atoms with E-state index in [-0.39, 0.29) is 17.9 Å². The van der Waals surface area contributed by atoms with Crippen molar-refractivity contribution in [3.63, 3.8) is 0 Å². The van der Waals surface area contributed by atoms with Crippen molar-refractivity contribution in [3.8, 4) is 0 Å². The number of piperidine rings is 1. The summed E-state index contributed by atoms with van der Waals surface area (Å²) >= 11 is 0. The zero-order valence-corrected chi connectivity index (χ0v) is 12.6. The summed E-state index contributed by atoms with van der Waals surface area (Å²) in [5.74, 6) is 0.778. The summed E-state index contributed by atoms with van der Waals surface area (Å²) < 4.78 is 0. The molecule has 1 amide bonds. The first kappa shape index (κ1) is 14.1. The summed E-state index contributed by atoms with van der Waals surface area (Å²) in [7, 11) is 3.81. The molecule has 1 saturated heterocycles. The second-order valence-electron chi connectivity index (χ2n) is 6.02. The Morgan fingerprint density at radius 1 is 1.33 bits per heavy atom. The van der Waals surface area contributed by atoms with Crippen molar-refractivity contribution in [1.82, 2.24) is 15.1 Å². The fraction of sp³-hybridized carbons (Fsp3) is 0.500. The number of carbonyl (C=O) groups is 1. The average molecular weight is 286 g/mol. The second-order valence-corrected chi connectivity index (χ2v) is 6.02. The Hall–Kier alpha value is -1.88. The molecule has 1 fully saturated rings. The van der Waals surface area contributed by atoms with Gasteiger partial charge < -0.3 is 4.90 Å². The number of aliphatic imine (C=N–C) groups is 1. The predicted molar refractivity (Wildman–Crippen MR) is 82.9 cm³/mol. The lowest BCUT2D eigenvalue weighted by Gasteiger charge is -2.39. The number of amides is 1. The molecule has 0 aromatic heterocycles. The molecule has 1 aromatic rings. The second kappa shape index (κ2) is 5.85. The van der Waals surface area contributed by atoms with Crippen LogP contribution in [-0.4, -0.2) is 54.9 Å². The molecule has 0 unspecified atom stereocenters. The first-order valence-corrected chi connectivity index (χ1v) is 7.46. The Bertz CT molecular complexity index is 540. The molecule has 2 aliphatic heterocycles. The van der Waals surface area contributed by atoms with E-state index in [0.717, 1.165) is 26.1 Å². The highest BCUT2D eigenvalue weighted by molar-refractivity contribution is 6.00. The summed E-state index contributed by atoms with van der Waals surface area (Å²) in [6.45, 7) is 2.69. The van der Waals surface area contributed by atoms with Gasteiger partial charge in [0.25, 0.3) is 0 Å². The fourth-order valence-corrected chi connectivity index (χ4v) is 3.02. The molecule has 0 saturated carbocycles. The number of likely N-dealkylation sites (tertiary alicyclic amines) is 1. The maximum atomic E-state index is 12.3. The van der Waals surface area contributed by atoms with Gasteiger partial charge in [-0.1, -0.05) is 30.3 Å². The molecule has 1 N–H and O–H groups in total. The number of benzene rings is 1. The highest BCUT2D eigenvalue weighted by Gasteiger charge is 2.38. The van der Waals surface area contributed by atoms with Gasteiger partial charge in [0.1, 0.15) is 0 Å². The molecule has 0 radical (unpaired) electrons. The molecule has 0 bridgehead atoms. The van der Waals surface area contributed by atoms with Crippen LogP contribution in [0.1, 0.15) is 12.0 Å². The van der Waals surface area contributed by atoms with Gasteiger partial charge >= 0.3 is 0 Å². The molecule has 112 valence electrons. The van der Waals surface area contributed by atoms with Gasteiger partial charge in [-0.25, -0.2) is 4.99 Å². The molecule has 5 heteroatoms. The Morgan fingerprint density at radius 2 is 2.10 bits per heavy atom. The van der Waals surface area contributed by atoms with E-state index in [4.69, 9.17) is 0 Å². The van der Waals surface area contributed by atoms with Crippen molar-refractivity contribution < 1.29 is 4.79 Å². The molecule has 1 aromatic carbocycles. The quantitative estimate of drug-likeness (QED) is 0.879. The van der Waals surface area contributed by atoms with Crippen molar-refractivity contribution >= 4 is 11.9 Å². The molecule has 2 heterocycles. The summed E-state index contributed by atoms with van der Waals surface area (Å²) in [6, 6.07) is 10.5. The number of carbonyl (C=O) groups excluding carboxylic acids is 1. The Labute approximate surface area is 125 Å². The van der Waals surface area contributed by atoms with Crippen LogP contribution in [0.5, 0.6) is 0 Å². The van der Waals surface area contributed by atoms with Crippen LogP contribution in [0.25, 0.3) is 0 Å². The minimum absolute atomic E-state index is 0.0221. The lowest BCUT2D eigenvalue weighted by Crippen LogP contribution is -2.56. The molecule has 3 rings (SSSR count). The number of fused-ring (bicyclic) bond motifs is 1. The summed E-state index contributed by atoms with van der Waals surface area (Å²) in [5, 5.41) is 2.91. The van der Waals surface area contributed by atoms with Crippen LogP contribution in [0.15, 0.2) is 35.3 Å². The third-order valence-electron chi connectivity index (χ3n) is 4.19. The van der Waals surface area contributed by atoms with Crippen molar-refractivity contribution in [3.05, 3.63) is 35.9 Å². The minimum atomic E-state index is -0.0221. The van der Waals surface area contributed by atoms with Crippen LogP contribution < -0.4 is 5.32 Å². The van der Waals surface area contributed by atoms with Crippen LogP contribution in [0.3, 0.4) is 0 Å². The van der Waals surface area contributed by atoms with Gasteiger partial charge in [-0.3, -0.25) is 15.0 Å². The average Bonchev–Trinajstić information content (AvgIpc) is 2.48. The normalized spacial score (nSPS) is 25.8. The standard InChI is InChI=1S/C16H22N4O/c1-19(2)16-17-14-8-9-20(11-13(14)15(21)18-16)10-12-6-4-3-5-7-12/h3-7,13-14H,8-11H2,1-2H3,(H,17,18,21)/t13-,14+/m1/s1. The van der Waals surface area contributed by atoms with Crippen LogP contribution in [0, 0.1) is 5.92 Å². The predicted octanol–water partition coefficient (Wildman–Crippen LogP) is 0.924. The van der Waals surface area contributed by atoms with Crippen LogP contribution in [0.2, 0.25) is 0 Å². The molecule has 0 aliphatic carbocycles. The van der Waals surface area contributed by atoms with Gasteiger partial charge in [0.05, 0.1) is 12.0 Å². The fourth-order valence-electron chi connectivity index (χ4n) is 3.02. The van der Waals surface area contributed by atoms with E-state index in [1.165, 1.54) is 5.56 Å².